The molecule has 1 saturated carbocycles. The molecule has 94 valence electrons. The van der Waals surface area contributed by atoms with Gasteiger partial charge in [-0.05, 0) is 30.4 Å². The molecule has 1 fully saturated rings. The van der Waals surface area contributed by atoms with Crippen molar-refractivity contribution in [1.82, 2.24) is 0 Å². The second-order valence-electron chi connectivity index (χ2n) is 5.42. The average molecular weight is 254 g/mol. The molecule has 0 aliphatic heterocycles. The highest BCUT2D eigenvalue weighted by molar-refractivity contribution is 6.33. The fraction of sp³-hybridized carbons (Fsp3) is 0.571. The molecule has 1 N–H and O–H groups in total. The second kappa shape index (κ2) is 4.77. The maximum atomic E-state index is 6.21. The number of hydrogen-bond donors (Lipinski definition) is 1. The quantitative estimate of drug-likeness (QED) is 0.865. The van der Waals surface area contributed by atoms with Crippen molar-refractivity contribution in [1.29, 1.82) is 0 Å². The van der Waals surface area contributed by atoms with E-state index in [2.05, 4.69) is 19.2 Å². The predicted molar refractivity (Wildman–Crippen MR) is 73.0 cm³/mol. The van der Waals surface area contributed by atoms with Gasteiger partial charge in [0.25, 0.3) is 0 Å². The van der Waals surface area contributed by atoms with Crippen molar-refractivity contribution in [3.8, 4) is 5.75 Å². The Bertz CT molecular complexity index is 403. The molecule has 1 aliphatic carbocycles. The van der Waals surface area contributed by atoms with Crippen molar-refractivity contribution >= 4 is 17.3 Å². The first kappa shape index (κ1) is 12.6. The summed E-state index contributed by atoms with van der Waals surface area (Å²) < 4.78 is 5.23. The summed E-state index contributed by atoms with van der Waals surface area (Å²) in [5.41, 5.74) is 1.32. The van der Waals surface area contributed by atoms with Gasteiger partial charge < -0.3 is 10.1 Å². The Balaban J connectivity index is 2.18. The minimum absolute atomic E-state index is 0.340. The highest BCUT2D eigenvalue weighted by atomic mass is 35.5. The molecule has 0 saturated heterocycles. The van der Waals surface area contributed by atoms with E-state index in [0.29, 0.717) is 11.5 Å². The van der Waals surface area contributed by atoms with E-state index >= 15 is 0 Å². The van der Waals surface area contributed by atoms with E-state index in [0.717, 1.165) is 16.5 Å². The molecule has 1 aromatic rings. The third kappa shape index (κ3) is 2.68. The Kier molecular flexibility index (Phi) is 3.53. The van der Waals surface area contributed by atoms with E-state index in [-0.39, 0.29) is 0 Å². The lowest BCUT2D eigenvalue weighted by Crippen LogP contribution is -2.30. The molecule has 0 radical (unpaired) electrons. The van der Waals surface area contributed by atoms with Crippen LogP contribution >= 0.6 is 11.6 Å². The maximum Gasteiger partial charge on any atom is 0.121 e. The van der Waals surface area contributed by atoms with Gasteiger partial charge in [0.1, 0.15) is 5.75 Å². The predicted octanol–water partition coefficient (Wildman–Crippen LogP) is 4.34. The summed E-state index contributed by atoms with van der Waals surface area (Å²) in [5.74, 6) is 0.840. The van der Waals surface area contributed by atoms with Crippen LogP contribution in [0.25, 0.3) is 0 Å². The van der Waals surface area contributed by atoms with Crippen LogP contribution in [-0.2, 0) is 0 Å². The van der Waals surface area contributed by atoms with Gasteiger partial charge in [0.05, 0.1) is 17.8 Å². The number of rotatable bonds is 3. The zero-order valence-corrected chi connectivity index (χ0v) is 11.5. The summed E-state index contributed by atoms with van der Waals surface area (Å²) in [6.07, 6.45) is 3.76. The van der Waals surface area contributed by atoms with Crippen LogP contribution in [0, 0.1) is 5.41 Å². The normalized spacial score (nSPS) is 22.5. The first-order valence-electron chi connectivity index (χ1n) is 6.13. The maximum absolute atomic E-state index is 6.21. The highest BCUT2D eigenvalue weighted by Crippen LogP contribution is 2.40. The molecule has 0 bridgehead atoms. The molecular formula is C14H20ClNO. The van der Waals surface area contributed by atoms with Crippen LogP contribution in [-0.4, -0.2) is 13.2 Å². The molecule has 0 amide bonds. The Morgan fingerprint density at radius 1 is 1.41 bits per heavy atom. The first-order valence-corrected chi connectivity index (χ1v) is 6.51. The van der Waals surface area contributed by atoms with Gasteiger partial charge in [0.15, 0.2) is 0 Å². The summed E-state index contributed by atoms with van der Waals surface area (Å²) in [7, 11) is 1.67. The number of nitrogens with one attached hydrogen (secondary N) is 1. The highest BCUT2D eigenvalue weighted by Gasteiger charge is 2.34. The van der Waals surface area contributed by atoms with Crippen molar-refractivity contribution in [2.75, 3.05) is 12.4 Å². The average Bonchev–Trinajstić information content (AvgIpc) is 2.61. The van der Waals surface area contributed by atoms with Gasteiger partial charge in [-0.1, -0.05) is 31.9 Å². The number of halogens is 1. The van der Waals surface area contributed by atoms with Gasteiger partial charge >= 0.3 is 0 Å². The fourth-order valence-electron chi connectivity index (χ4n) is 2.52. The Morgan fingerprint density at radius 2 is 2.18 bits per heavy atom. The van der Waals surface area contributed by atoms with Crippen LogP contribution in [0.3, 0.4) is 0 Å². The molecule has 3 heteroatoms. The van der Waals surface area contributed by atoms with Crippen molar-refractivity contribution in [2.45, 2.75) is 39.2 Å². The molecule has 17 heavy (non-hydrogen) atoms. The first-order chi connectivity index (χ1) is 8.03. The number of methoxy groups -OCH3 is 1. The molecule has 2 rings (SSSR count). The van der Waals surface area contributed by atoms with Crippen molar-refractivity contribution in [3.63, 3.8) is 0 Å². The van der Waals surface area contributed by atoms with Gasteiger partial charge in [0, 0.05) is 12.1 Å². The van der Waals surface area contributed by atoms with E-state index < -0.39 is 0 Å². The SMILES string of the molecule is COc1ccc(Cl)c(NC2CCCC2(C)C)c1. The molecule has 2 nitrogen and oxygen atoms in total. The van der Waals surface area contributed by atoms with Crippen LogP contribution in [0.1, 0.15) is 33.1 Å². The third-order valence-corrected chi connectivity index (χ3v) is 4.09. The van der Waals surface area contributed by atoms with Crippen molar-refractivity contribution < 1.29 is 4.74 Å². The second-order valence-corrected chi connectivity index (χ2v) is 5.83. The molecule has 1 aliphatic rings. The lowest BCUT2D eigenvalue weighted by Gasteiger charge is -2.29. The minimum atomic E-state index is 0.340. The van der Waals surface area contributed by atoms with Crippen LogP contribution < -0.4 is 10.1 Å². The smallest absolute Gasteiger partial charge is 0.121 e. The van der Waals surface area contributed by atoms with Crippen molar-refractivity contribution in [3.05, 3.63) is 23.2 Å². The van der Waals surface area contributed by atoms with E-state index in [9.17, 15) is 0 Å². The Hall–Kier alpha value is -0.890. The van der Waals surface area contributed by atoms with E-state index in [4.69, 9.17) is 16.3 Å². The number of anilines is 1. The van der Waals surface area contributed by atoms with Gasteiger partial charge in [0.2, 0.25) is 0 Å². The van der Waals surface area contributed by atoms with Crippen LogP contribution in [0.4, 0.5) is 5.69 Å². The molecule has 0 spiro atoms. The summed E-state index contributed by atoms with van der Waals surface area (Å²) >= 11 is 6.21. The monoisotopic (exact) mass is 253 g/mol. The van der Waals surface area contributed by atoms with Gasteiger partial charge in [-0.25, -0.2) is 0 Å². The number of benzene rings is 1. The van der Waals surface area contributed by atoms with Crippen LogP contribution in [0.2, 0.25) is 5.02 Å². The zero-order chi connectivity index (χ0) is 12.5. The van der Waals surface area contributed by atoms with E-state index in [1.807, 2.05) is 18.2 Å². The fourth-order valence-corrected chi connectivity index (χ4v) is 2.70. The van der Waals surface area contributed by atoms with Crippen LogP contribution in [0.15, 0.2) is 18.2 Å². The van der Waals surface area contributed by atoms with Gasteiger partial charge in [-0.2, -0.15) is 0 Å². The largest absolute Gasteiger partial charge is 0.497 e. The molecule has 1 atom stereocenters. The lowest BCUT2D eigenvalue weighted by molar-refractivity contribution is 0.350. The summed E-state index contributed by atoms with van der Waals surface area (Å²) in [6, 6.07) is 6.22. The minimum Gasteiger partial charge on any atom is -0.497 e. The van der Waals surface area contributed by atoms with E-state index in [1.54, 1.807) is 7.11 Å². The Morgan fingerprint density at radius 3 is 2.76 bits per heavy atom. The molecular weight excluding hydrogens is 234 g/mol. The zero-order valence-electron chi connectivity index (χ0n) is 10.7. The molecule has 0 aromatic heterocycles. The molecule has 0 heterocycles. The summed E-state index contributed by atoms with van der Waals surface area (Å²) in [5, 5.41) is 4.32. The van der Waals surface area contributed by atoms with E-state index in [1.165, 1.54) is 19.3 Å². The van der Waals surface area contributed by atoms with Crippen molar-refractivity contribution in [2.24, 2.45) is 5.41 Å². The van der Waals surface area contributed by atoms with Crippen LogP contribution in [0.5, 0.6) is 5.75 Å². The molecule has 1 unspecified atom stereocenters. The summed E-state index contributed by atoms with van der Waals surface area (Å²) in [6.45, 7) is 4.62. The topological polar surface area (TPSA) is 21.3 Å². The lowest BCUT2D eigenvalue weighted by atomic mass is 9.87. The number of hydrogen-bond acceptors (Lipinski definition) is 2. The Labute approximate surface area is 108 Å². The third-order valence-electron chi connectivity index (χ3n) is 3.76. The molecule has 1 aromatic carbocycles. The standard InChI is InChI=1S/C14H20ClNO/c1-14(2)8-4-5-13(14)16-12-9-10(17-3)6-7-11(12)15/h6-7,9,13,16H,4-5,8H2,1-3H3. The summed E-state index contributed by atoms with van der Waals surface area (Å²) in [4.78, 5) is 0. The number of ether oxygens (including phenoxy) is 1. The van der Waals surface area contributed by atoms with Gasteiger partial charge in [-0.3, -0.25) is 0 Å². The van der Waals surface area contributed by atoms with Gasteiger partial charge in [-0.15, -0.1) is 0 Å².